The van der Waals surface area contributed by atoms with Crippen molar-refractivity contribution in [1.82, 2.24) is 20.5 Å². The van der Waals surface area contributed by atoms with Gasteiger partial charge in [-0.25, -0.2) is 4.39 Å². The fourth-order valence-electron chi connectivity index (χ4n) is 4.82. The number of allylic oxidation sites excluding steroid dienone is 4. The molecule has 3 aromatic rings. The molecule has 0 radical (unpaired) electrons. The first kappa shape index (κ1) is 23.7. The van der Waals surface area contributed by atoms with E-state index in [1.54, 1.807) is 12.1 Å². The van der Waals surface area contributed by atoms with Crippen LogP contribution in [-0.4, -0.2) is 28.3 Å². The van der Waals surface area contributed by atoms with Gasteiger partial charge in [-0.05, 0) is 99.2 Å². The summed E-state index contributed by atoms with van der Waals surface area (Å²) in [4.78, 5) is 3.49. The number of nitrogens with zero attached hydrogens (tertiary/aromatic N) is 1. The maximum atomic E-state index is 14.2. The van der Waals surface area contributed by atoms with Gasteiger partial charge in [0.25, 0.3) is 0 Å². The number of piperidine rings is 1. The highest BCUT2D eigenvalue weighted by Gasteiger charge is 2.18. The third-order valence-electron chi connectivity index (χ3n) is 6.54. The van der Waals surface area contributed by atoms with Crippen LogP contribution in [0.25, 0.3) is 29.6 Å². The maximum absolute atomic E-state index is 14.2. The van der Waals surface area contributed by atoms with E-state index in [4.69, 9.17) is 0 Å². The maximum Gasteiger partial charge on any atom is 0.124 e. The van der Waals surface area contributed by atoms with E-state index in [-0.39, 0.29) is 5.82 Å². The zero-order valence-corrected chi connectivity index (χ0v) is 20.3. The molecule has 2 aromatic heterocycles. The first-order valence-electron chi connectivity index (χ1n) is 11.8. The fourth-order valence-corrected chi connectivity index (χ4v) is 4.82. The van der Waals surface area contributed by atoms with Crippen LogP contribution in [0.3, 0.4) is 0 Å². The third-order valence-corrected chi connectivity index (χ3v) is 6.54. The van der Waals surface area contributed by atoms with E-state index in [2.05, 4.69) is 58.8 Å². The molecule has 0 amide bonds. The number of nitrogens with one attached hydrogen (secondary N) is 3. The van der Waals surface area contributed by atoms with Crippen molar-refractivity contribution in [3.8, 4) is 11.4 Å². The molecule has 0 atom stereocenters. The topological polar surface area (TPSA) is 56.5 Å². The van der Waals surface area contributed by atoms with Crippen molar-refractivity contribution in [2.75, 3.05) is 13.1 Å². The summed E-state index contributed by atoms with van der Waals surface area (Å²) in [5.74, 6) is 0.286. The molecule has 4 rings (SSSR count). The zero-order chi connectivity index (χ0) is 24.2. The standard InChI is InChI=1S/C29H33FN4/c1-6-8-25(23-13-18(3)14-24(30)15-23)26-17-28(32-19(26)4)29-27(20(5)33-34-29)16-21(7-2)22-9-11-31-12-10-22/h6-8,13-17,22,31-33H,1,5,9-12H2,2-4H3/b21-7+,25-8-,27-16+. The first-order chi connectivity index (χ1) is 16.4. The summed E-state index contributed by atoms with van der Waals surface area (Å²) in [6, 6.07) is 7.17. The molecule has 0 unspecified atom stereocenters. The van der Waals surface area contributed by atoms with Crippen LogP contribution in [0.4, 0.5) is 4.39 Å². The van der Waals surface area contributed by atoms with Gasteiger partial charge in [0.15, 0.2) is 0 Å². The minimum absolute atomic E-state index is 0.249. The SMILES string of the molecule is C=C/C=C(/c1cc(C)cc(F)c1)c1cc(-c2n[nH]c(=C)/c2=C\C(=C/C)C2CCNCC2)[nH]c1C. The molecule has 0 saturated carbocycles. The van der Waals surface area contributed by atoms with Gasteiger partial charge in [-0.15, -0.1) is 0 Å². The molecule has 3 heterocycles. The van der Waals surface area contributed by atoms with E-state index >= 15 is 0 Å². The Morgan fingerprint density at radius 2 is 1.91 bits per heavy atom. The lowest BCUT2D eigenvalue weighted by Crippen LogP contribution is -2.29. The van der Waals surface area contributed by atoms with Gasteiger partial charge in [-0.3, -0.25) is 5.10 Å². The lowest BCUT2D eigenvalue weighted by Gasteiger charge is -2.23. The monoisotopic (exact) mass is 456 g/mol. The molecule has 1 aliphatic heterocycles. The minimum atomic E-state index is -0.249. The quantitative estimate of drug-likeness (QED) is 0.462. The normalized spacial score (nSPS) is 16.3. The molecule has 4 nitrogen and oxygen atoms in total. The lowest BCUT2D eigenvalue weighted by atomic mass is 9.89. The molecule has 176 valence electrons. The van der Waals surface area contributed by atoms with Crippen molar-refractivity contribution in [2.45, 2.75) is 33.6 Å². The zero-order valence-electron chi connectivity index (χ0n) is 20.3. The van der Waals surface area contributed by atoms with E-state index in [1.807, 2.05) is 26.0 Å². The highest BCUT2D eigenvalue weighted by molar-refractivity contribution is 5.84. The van der Waals surface area contributed by atoms with E-state index in [1.165, 1.54) is 11.6 Å². The Morgan fingerprint density at radius 3 is 2.59 bits per heavy atom. The Kier molecular flexibility index (Phi) is 7.13. The number of benzene rings is 1. The Labute approximate surface area is 200 Å². The van der Waals surface area contributed by atoms with Crippen molar-refractivity contribution in [3.05, 3.63) is 93.4 Å². The molecular formula is C29H33FN4. The van der Waals surface area contributed by atoms with Gasteiger partial charge in [0, 0.05) is 16.5 Å². The molecule has 1 aromatic carbocycles. The predicted octanol–water partition coefficient (Wildman–Crippen LogP) is 4.92. The predicted molar refractivity (Wildman–Crippen MR) is 140 cm³/mol. The minimum Gasteiger partial charge on any atom is -0.357 e. The Balaban J connectivity index is 1.79. The number of aromatic nitrogens is 3. The smallest absolute Gasteiger partial charge is 0.124 e. The number of hydrogen-bond acceptors (Lipinski definition) is 2. The van der Waals surface area contributed by atoms with E-state index in [0.717, 1.165) is 75.8 Å². The second-order valence-electron chi connectivity index (χ2n) is 8.98. The summed E-state index contributed by atoms with van der Waals surface area (Å²) in [7, 11) is 0. The number of aryl methyl sites for hydroxylation is 2. The van der Waals surface area contributed by atoms with Crippen molar-refractivity contribution in [2.24, 2.45) is 5.92 Å². The third kappa shape index (κ3) is 4.90. The number of H-pyrrole nitrogens is 2. The molecule has 0 bridgehead atoms. The highest BCUT2D eigenvalue weighted by atomic mass is 19.1. The van der Waals surface area contributed by atoms with Crippen molar-refractivity contribution in [1.29, 1.82) is 0 Å². The molecule has 0 spiro atoms. The average Bonchev–Trinajstić information content (AvgIpc) is 3.37. The van der Waals surface area contributed by atoms with Crippen molar-refractivity contribution >= 4 is 18.2 Å². The second kappa shape index (κ2) is 10.2. The summed E-state index contributed by atoms with van der Waals surface area (Å²) in [5.41, 5.74) is 7.63. The van der Waals surface area contributed by atoms with E-state index < -0.39 is 0 Å². The fraction of sp³-hybridized carbons (Fsp3) is 0.276. The van der Waals surface area contributed by atoms with Crippen molar-refractivity contribution in [3.63, 3.8) is 0 Å². The van der Waals surface area contributed by atoms with Crippen molar-refractivity contribution < 1.29 is 4.39 Å². The van der Waals surface area contributed by atoms with Crippen LogP contribution < -0.4 is 15.9 Å². The Morgan fingerprint density at radius 1 is 1.15 bits per heavy atom. The summed E-state index contributed by atoms with van der Waals surface area (Å²) in [6.07, 6.45) is 10.3. The molecule has 3 N–H and O–H groups in total. The summed E-state index contributed by atoms with van der Waals surface area (Å²) in [5, 5.41) is 12.9. The molecule has 1 fully saturated rings. The average molecular weight is 457 g/mol. The second-order valence-corrected chi connectivity index (χ2v) is 8.98. The van der Waals surface area contributed by atoms with Gasteiger partial charge in [0.2, 0.25) is 0 Å². The molecule has 1 saturated heterocycles. The molecule has 34 heavy (non-hydrogen) atoms. The lowest BCUT2D eigenvalue weighted by molar-refractivity contribution is 0.427. The Hall–Kier alpha value is -3.44. The van der Waals surface area contributed by atoms with Crippen LogP contribution in [0.2, 0.25) is 0 Å². The highest BCUT2D eigenvalue weighted by Crippen LogP contribution is 2.30. The largest absolute Gasteiger partial charge is 0.357 e. The van der Waals surface area contributed by atoms with Crippen LogP contribution in [0.1, 0.15) is 42.1 Å². The number of halogens is 1. The molecule has 5 heteroatoms. The number of aromatic amines is 2. The van der Waals surface area contributed by atoms with Crippen LogP contribution in [-0.2, 0) is 0 Å². The van der Waals surface area contributed by atoms with Gasteiger partial charge >= 0.3 is 0 Å². The van der Waals surface area contributed by atoms with Crippen LogP contribution in [0.15, 0.2) is 54.6 Å². The summed E-state index contributed by atoms with van der Waals surface area (Å²) < 4.78 is 14.2. The van der Waals surface area contributed by atoms with Crippen LogP contribution in [0.5, 0.6) is 0 Å². The summed E-state index contributed by atoms with van der Waals surface area (Å²) in [6.45, 7) is 16.2. The van der Waals surface area contributed by atoms with Gasteiger partial charge in [-0.1, -0.05) is 37.5 Å². The van der Waals surface area contributed by atoms with Crippen LogP contribution >= 0.6 is 0 Å². The molecular weight excluding hydrogens is 423 g/mol. The van der Waals surface area contributed by atoms with E-state index in [9.17, 15) is 4.39 Å². The van der Waals surface area contributed by atoms with Crippen LogP contribution in [0, 0.1) is 25.6 Å². The number of rotatable bonds is 6. The van der Waals surface area contributed by atoms with Gasteiger partial charge in [0.05, 0.1) is 11.0 Å². The number of hydrogen-bond donors (Lipinski definition) is 3. The molecule has 1 aliphatic rings. The molecule has 0 aliphatic carbocycles. The van der Waals surface area contributed by atoms with Gasteiger partial charge < -0.3 is 10.3 Å². The van der Waals surface area contributed by atoms with E-state index in [0.29, 0.717) is 5.92 Å². The van der Waals surface area contributed by atoms with Gasteiger partial charge in [-0.2, -0.15) is 5.10 Å². The van der Waals surface area contributed by atoms with Gasteiger partial charge in [0.1, 0.15) is 11.5 Å². The first-order valence-corrected chi connectivity index (χ1v) is 11.8. The Bertz CT molecular complexity index is 1340. The summed E-state index contributed by atoms with van der Waals surface area (Å²) >= 11 is 0.